The van der Waals surface area contributed by atoms with Crippen LogP contribution in [0, 0.1) is 11.3 Å². The van der Waals surface area contributed by atoms with Gasteiger partial charge in [-0.05, 0) is 31.1 Å². The van der Waals surface area contributed by atoms with Gasteiger partial charge in [0.1, 0.15) is 0 Å². The van der Waals surface area contributed by atoms with Crippen LogP contribution in [0.5, 0.6) is 0 Å². The molecule has 0 heterocycles. The molecule has 0 aromatic rings. The normalized spacial score (nSPS) is 24.1. The summed E-state index contributed by atoms with van der Waals surface area (Å²) in [4.78, 5) is 12.1. The number of hydrogen-bond acceptors (Lipinski definition) is 1. The maximum atomic E-state index is 12.1. The minimum Gasteiger partial charge on any atom is -0.356 e. The summed E-state index contributed by atoms with van der Waals surface area (Å²) in [5.41, 5.74) is 0.192. The van der Waals surface area contributed by atoms with Gasteiger partial charge in [-0.3, -0.25) is 4.79 Å². The molecule has 1 N–H and O–H groups in total. The van der Waals surface area contributed by atoms with Gasteiger partial charge in [0.05, 0.1) is 0 Å². The molecule has 94 valence electrons. The molecule has 1 atom stereocenters. The van der Waals surface area contributed by atoms with Crippen molar-refractivity contribution in [2.45, 2.75) is 52.4 Å². The molecular formula is C13H24BrNO. The lowest BCUT2D eigenvalue weighted by Crippen LogP contribution is -2.41. The Labute approximate surface area is 108 Å². The van der Waals surface area contributed by atoms with Crippen LogP contribution in [0.3, 0.4) is 0 Å². The quantitative estimate of drug-likeness (QED) is 0.609. The summed E-state index contributed by atoms with van der Waals surface area (Å²) in [6, 6.07) is 0. The molecular weight excluding hydrogens is 266 g/mol. The first-order chi connectivity index (χ1) is 7.58. The average molecular weight is 290 g/mol. The van der Waals surface area contributed by atoms with Crippen LogP contribution >= 0.6 is 15.9 Å². The fraction of sp³-hybridized carbons (Fsp3) is 0.923. The van der Waals surface area contributed by atoms with Crippen LogP contribution in [0.1, 0.15) is 52.4 Å². The summed E-state index contributed by atoms with van der Waals surface area (Å²) in [7, 11) is 0. The number of nitrogens with one attached hydrogen (secondary N) is 1. The van der Waals surface area contributed by atoms with E-state index in [-0.39, 0.29) is 17.2 Å². The molecule has 0 aromatic heterocycles. The average Bonchev–Trinajstić information content (AvgIpc) is 2.23. The highest BCUT2D eigenvalue weighted by Gasteiger charge is 2.36. The first kappa shape index (κ1) is 14.0. The van der Waals surface area contributed by atoms with Crippen LogP contribution in [0.15, 0.2) is 0 Å². The first-order valence-corrected chi connectivity index (χ1v) is 7.54. The van der Waals surface area contributed by atoms with Crippen molar-refractivity contribution >= 4 is 21.8 Å². The Morgan fingerprint density at radius 2 is 2.12 bits per heavy atom. The molecule has 16 heavy (non-hydrogen) atoms. The number of unbranched alkanes of at least 4 members (excludes halogenated alkanes) is 1. The fourth-order valence-corrected chi connectivity index (χ4v) is 2.93. The second-order valence-corrected chi connectivity index (χ2v) is 6.27. The van der Waals surface area contributed by atoms with E-state index in [9.17, 15) is 4.79 Å². The summed E-state index contributed by atoms with van der Waals surface area (Å²) >= 11 is 3.40. The van der Waals surface area contributed by atoms with Gasteiger partial charge in [-0.15, -0.1) is 0 Å². The molecule has 2 nitrogen and oxygen atoms in total. The Bertz CT molecular complexity index is 228. The minimum absolute atomic E-state index is 0.192. The SMILES string of the molecule is CC1(C)CCCCC1C(=O)NCCCCBr. The second kappa shape index (κ2) is 6.63. The van der Waals surface area contributed by atoms with Crippen molar-refractivity contribution in [1.29, 1.82) is 0 Å². The van der Waals surface area contributed by atoms with Gasteiger partial charge in [0, 0.05) is 17.8 Å². The lowest BCUT2D eigenvalue weighted by molar-refractivity contribution is -0.130. The number of carbonyl (C=O) groups is 1. The van der Waals surface area contributed by atoms with E-state index in [1.807, 2.05) is 0 Å². The van der Waals surface area contributed by atoms with Crippen LogP contribution in [-0.2, 0) is 4.79 Å². The van der Waals surface area contributed by atoms with Gasteiger partial charge >= 0.3 is 0 Å². The van der Waals surface area contributed by atoms with Crippen LogP contribution in [0.4, 0.5) is 0 Å². The van der Waals surface area contributed by atoms with E-state index in [0.29, 0.717) is 0 Å². The summed E-state index contributed by atoms with van der Waals surface area (Å²) in [5, 5.41) is 4.11. The number of alkyl halides is 1. The molecule has 1 aliphatic carbocycles. The van der Waals surface area contributed by atoms with Crippen LogP contribution < -0.4 is 5.32 Å². The zero-order valence-corrected chi connectivity index (χ0v) is 12.1. The second-order valence-electron chi connectivity index (χ2n) is 5.47. The monoisotopic (exact) mass is 289 g/mol. The molecule has 0 spiro atoms. The third kappa shape index (κ3) is 4.08. The topological polar surface area (TPSA) is 29.1 Å². The van der Waals surface area contributed by atoms with Gasteiger partial charge in [0.2, 0.25) is 5.91 Å². The van der Waals surface area contributed by atoms with Gasteiger partial charge in [-0.25, -0.2) is 0 Å². The highest BCUT2D eigenvalue weighted by Crippen LogP contribution is 2.40. The van der Waals surface area contributed by atoms with Crippen molar-refractivity contribution in [2.24, 2.45) is 11.3 Å². The Morgan fingerprint density at radius 1 is 1.38 bits per heavy atom. The van der Waals surface area contributed by atoms with E-state index in [1.54, 1.807) is 0 Å². The largest absolute Gasteiger partial charge is 0.356 e. The Balaban J connectivity index is 2.34. The Morgan fingerprint density at radius 3 is 2.75 bits per heavy atom. The van der Waals surface area contributed by atoms with Gasteiger partial charge < -0.3 is 5.32 Å². The van der Waals surface area contributed by atoms with E-state index >= 15 is 0 Å². The number of halogens is 1. The van der Waals surface area contributed by atoms with E-state index in [2.05, 4.69) is 35.1 Å². The first-order valence-electron chi connectivity index (χ1n) is 6.41. The molecule has 1 rings (SSSR count). The number of hydrogen-bond donors (Lipinski definition) is 1. The predicted octanol–water partition coefficient (Wildman–Crippen LogP) is 3.49. The fourth-order valence-electron chi connectivity index (χ4n) is 2.53. The predicted molar refractivity (Wildman–Crippen MR) is 71.8 cm³/mol. The molecule has 1 unspecified atom stereocenters. The number of amides is 1. The number of carbonyl (C=O) groups excluding carboxylic acids is 1. The van der Waals surface area contributed by atoms with E-state index in [0.717, 1.165) is 31.1 Å². The molecule has 0 radical (unpaired) electrons. The molecule has 1 aliphatic rings. The molecule has 1 amide bonds. The van der Waals surface area contributed by atoms with E-state index in [1.165, 1.54) is 19.3 Å². The molecule has 1 saturated carbocycles. The lowest BCUT2D eigenvalue weighted by Gasteiger charge is -2.37. The highest BCUT2D eigenvalue weighted by molar-refractivity contribution is 9.09. The third-order valence-electron chi connectivity index (χ3n) is 3.68. The Hall–Kier alpha value is -0.0500. The molecule has 0 saturated heterocycles. The summed E-state index contributed by atoms with van der Waals surface area (Å²) in [5.74, 6) is 0.504. The maximum Gasteiger partial charge on any atom is 0.223 e. The summed E-state index contributed by atoms with van der Waals surface area (Å²) in [6.07, 6.45) is 6.95. The van der Waals surface area contributed by atoms with Crippen molar-refractivity contribution in [2.75, 3.05) is 11.9 Å². The number of rotatable bonds is 5. The summed E-state index contributed by atoms with van der Waals surface area (Å²) < 4.78 is 0. The van der Waals surface area contributed by atoms with Crippen molar-refractivity contribution in [1.82, 2.24) is 5.32 Å². The summed E-state index contributed by atoms with van der Waals surface area (Å²) in [6.45, 7) is 5.29. The smallest absolute Gasteiger partial charge is 0.223 e. The van der Waals surface area contributed by atoms with Gasteiger partial charge in [0.25, 0.3) is 0 Å². The van der Waals surface area contributed by atoms with Crippen LogP contribution in [-0.4, -0.2) is 17.8 Å². The van der Waals surface area contributed by atoms with Gasteiger partial charge in [-0.1, -0.05) is 42.6 Å². The van der Waals surface area contributed by atoms with Crippen LogP contribution in [0.25, 0.3) is 0 Å². The van der Waals surface area contributed by atoms with Gasteiger partial charge in [0.15, 0.2) is 0 Å². The van der Waals surface area contributed by atoms with Crippen molar-refractivity contribution < 1.29 is 4.79 Å². The van der Waals surface area contributed by atoms with Gasteiger partial charge in [-0.2, -0.15) is 0 Å². The van der Waals surface area contributed by atoms with E-state index in [4.69, 9.17) is 0 Å². The minimum atomic E-state index is 0.192. The highest BCUT2D eigenvalue weighted by atomic mass is 79.9. The zero-order chi connectivity index (χ0) is 12.0. The maximum absolute atomic E-state index is 12.1. The zero-order valence-electron chi connectivity index (χ0n) is 10.5. The molecule has 1 fully saturated rings. The standard InChI is InChI=1S/C13H24BrNO/c1-13(2)8-4-3-7-11(13)12(16)15-10-6-5-9-14/h11H,3-10H2,1-2H3,(H,15,16). The molecule has 0 aliphatic heterocycles. The van der Waals surface area contributed by atoms with Crippen molar-refractivity contribution in [3.8, 4) is 0 Å². The van der Waals surface area contributed by atoms with Crippen LogP contribution in [0.2, 0.25) is 0 Å². The lowest BCUT2D eigenvalue weighted by atomic mass is 9.68. The molecule has 0 bridgehead atoms. The van der Waals surface area contributed by atoms with Crippen molar-refractivity contribution in [3.63, 3.8) is 0 Å². The van der Waals surface area contributed by atoms with Crippen molar-refractivity contribution in [3.05, 3.63) is 0 Å². The molecule has 0 aromatic carbocycles. The Kier molecular flexibility index (Phi) is 5.81. The van der Waals surface area contributed by atoms with E-state index < -0.39 is 0 Å². The third-order valence-corrected chi connectivity index (χ3v) is 4.24. The molecule has 3 heteroatoms.